The highest BCUT2D eigenvalue weighted by molar-refractivity contribution is 5.86. The van der Waals surface area contributed by atoms with Crippen molar-refractivity contribution in [3.63, 3.8) is 0 Å². The van der Waals surface area contributed by atoms with Crippen LogP contribution < -0.4 is 9.64 Å². The zero-order valence-corrected chi connectivity index (χ0v) is 26.7. The molecule has 0 radical (unpaired) electrons. The van der Waals surface area contributed by atoms with E-state index in [0.29, 0.717) is 35.9 Å². The number of anilines is 1. The lowest BCUT2D eigenvalue weighted by Crippen LogP contribution is -2.39. The molecule has 1 atom stereocenters. The Kier molecular flexibility index (Phi) is 10.1. The number of benzene rings is 1. The van der Waals surface area contributed by atoms with Crippen molar-refractivity contribution in [2.45, 2.75) is 92.5 Å². The van der Waals surface area contributed by atoms with Crippen LogP contribution in [-0.2, 0) is 20.7 Å². The summed E-state index contributed by atoms with van der Waals surface area (Å²) in [4.78, 5) is 29.9. The molecule has 1 aromatic carbocycles. The molecule has 1 aliphatic rings. The average molecular weight is 593 g/mol. The number of carbonyl (C=O) groups is 1. The van der Waals surface area contributed by atoms with Crippen LogP contribution in [0.25, 0.3) is 11.3 Å². The van der Waals surface area contributed by atoms with Crippen LogP contribution in [0, 0.1) is 18.2 Å². The number of hydrogen-bond donors (Lipinski definition) is 0. The van der Waals surface area contributed by atoms with Gasteiger partial charge in [-0.2, -0.15) is 0 Å². The van der Waals surface area contributed by atoms with Crippen molar-refractivity contribution >= 4 is 11.7 Å². The first-order valence-electron chi connectivity index (χ1n) is 15.0. The van der Waals surface area contributed by atoms with Crippen molar-refractivity contribution in [3.8, 4) is 17.1 Å². The number of hydrogen-bond acceptors (Lipinski definition) is 8. The van der Waals surface area contributed by atoms with Crippen molar-refractivity contribution in [1.82, 2.24) is 15.0 Å². The minimum atomic E-state index is -0.971. The number of aromatic nitrogens is 3. The molecule has 1 fully saturated rings. The molecule has 2 aromatic heterocycles. The fourth-order valence-electron chi connectivity index (χ4n) is 5.11. The Morgan fingerprint density at radius 2 is 1.70 bits per heavy atom. The lowest BCUT2D eigenvalue weighted by atomic mass is 9.82. The third kappa shape index (κ3) is 8.72. The monoisotopic (exact) mass is 592 g/mol. The molecule has 9 heteroatoms. The van der Waals surface area contributed by atoms with Gasteiger partial charge in [0.1, 0.15) is 5.82 Å². The minimum Gasteiger partial charge on any atom is -0.476 e. The number of pyridine rings is 1. The van der Waals surface area contributed by atoms with Gasteiger partial charge in [-0.05, 0) is 77.5 Å². The zero-order valence-electron chi connectivity index (χ0n) is 26.7. The van der Waals surface area contributed by atoms with Gasteiger partial charge in [0.25, 0.3) is 0 Å². The molecular weight excluding hydrogens is 547 g/mol. The largest absolute Gasteiger partial charge is 0.476 e. The number of rotatable bonds is 10. The summed E-state index contributed by atoms with van der Waals surface area (Å²) in [6.45, 7) is 17.9. The van der Waals surface area contributed by atoms with Gasteiger partial charge in [0.2, 0.25) is 5.88 Å². The molecule has 1 saturated heterocycles. The first-order valence-corrected chi connectivity index (χ1v) is 15.0. The number of ether oxygens (including phenoxy) is 3. The molecule has 3 aromatic rings. The van der Waals surface area contributed by atoms with Gasteiger partial charge in [-0.1, -0.05) is 26.0 Å². The third-order valence-corrected chi connectivity index (χ3v) is 7.48. The van der Waals surface area contributed by atoms with Gasteiger partial charge < -0.3 is 19.1 Å². The first kappa shape index (κ1) is 32.3. The summed E-state index contributed by atoms with van der Waals surface area (Å²) < 4.78 is 31.2. The number of esters is 1. The van der Waals surface area contributed by atoms with Gasteiger partial charge >= 0.3 is 5.97 Å². The van der Waals surface area contributed by atoms with E-state index in [-0.39, 0.29) is 17.3 Å². The molecule has 43 heavy (non-hydrogen) atoms. The van der Waals surface area contributed by atoms with E-state index in [0.717, 1.165) is 42.7 Å². The van der Waals surface area contributed by atoms with Crippen molar-refractivity contribution in [2.24, 2.45) is 5.41 Å². The molecule has 3 heterocycles. The molecule has 0 bridgehead atoms. The van der Waals surface area contributed by atoms with Crippen LogP contribution in [0.3, 0.4) is 0 Å². The Hall–Kier alpha value is -3.59. The number of piperidine rings is 1. The van der Waals surface area contributed by atoms with Crippen molar-refractivity contribution in [3.05, 3.63) is 65.5 Å². The van der Waals surface area contributed by atoms with Gasteiger partial charge in [0.15, 0.2) is 6.10 Å². The van der Waals surface area contributed by atoms with Crippen LogP contribution in [0.4, 0.5) is 10.1 Å². The van der Waals surface area contributed by atoms with Crippen LogP contribution in [0.5, 0.6) is 5.88 Å². The smallest absolute Gasteiger partial charge is 0.340 e. The summed E-state index contributed by atoms with van der Waals surface area (Å²) in [7, 11) is 0. The van der Waals surface area contributed by atoms with Gasteiger partial charge in [-0.3, -0.25) is 4.98 Å². The van der Waals surface area contributed by atoms with Gasteiger partial charge in [-0.15, -0.1) is 0 Å². The van der Waals surface area contributed by atoms with Crippen LogP contribution in [0.2, 0.25) is 0 Å². The van der Waals surface area contributed by atoms with E-state index in [4.69, 9.17) is 24.2 Å². The maximum atomic E-state index is 13.6. The number of carbonyl (C=O) groups excluding carboxylic acids is 1. The summed E-state index contributed by atoms with van der Waals surface area (Å²) >= 11 is 0. The standard InChI is InChI=1S/C34H45FN4O4/c1-22(2)42-32(40)31(43-33(4,5)6)29-23(3)36-19-26(30(29)39-16-14-34(7,8)15-17-39)27-20-38-28(21-37-27)41-18-13-24-9-11-25(35)12-10-24/h9-12,19-22,31H,13-18H2,1-8H3. The molecule has 4 rings (SSSR count). The topological polar surface area (TPSA) is 86.7 Å². The van der Waals surface area contributed by atoms with Gasteiger partial charge in [0, 0.05) is 42.5 Å². The summed E-state index contributed by atoms with van der Waals surface area (Å²) in [6, 6.07) is 6.36. The van der Waals surface area contributed by atoms with Crippen LogP contribution in [0.1, 0.15) is 84.2 Å². The van der Waals surface area contributed by atoms with E-state index in [1.807, 2.05) is 41.5 Å². The van der Waals surface area contributed by atoms with E-state index in [1.54, 1.807) is 30.7 Å². The molecule has 0 spiro atoms. The Morgan fingerprint density at radius 1 is 1.02 bits per heavy atom. The van der Waals surface area contributed by atoms with Crippen LogP contribution in [0.15, 0.2) is 42.9 Å². The lowest BCUT2D eigenvalue weighted by molar-refractivity contribution is -0.171. The highest BCUT2D eigenvalue weighted by Gasteiger charge is 2.37. The Morgan fingerprint density at radius 3 is 2.28 bits per heavy atom. The number of halogens is 1. The van der Waals surface area contributed by atoms with E-state index < -0.39 is 17.7 Å². The molecule has 0 saturated carbocycles. The highest BCUT2D eigenvalue weighted by atomic mass is 19.1. The van der Waals surface area contributed by atoms with E-state index in [1.165, 1.54) is 12.1 Å². The summed E-state index contributed by atoms with van der Waals surface area (Å²) in [6.07, 6.45) is 6.42. The maximum Gasteiger partial charge on any atom is 0.340 e. The number of nitrogens with zero attached hydrogens (tertiary/aromatic N) is 4. The van der Waals surface area contributed by atoms with Crippen molar-refractivity contribution < 1.29 is 23.4 Å². The minimum absolute atomic E-state index is 0.226. The van der Waals surface area contributed by atoms with Crippen molar-refractivity contribution in [2.75, 3.05) is 24.6 Å². The molecule has 8 nitrogen and oxygen atoms in total. The van der Waals surface area contributed by atoms with Crippen molar-refractivity contribution in [1.29, 1.82) is 0 Å². The average Bonchev–Trinajstić information content (AvgIpc) is 2.92. The van der Waals surface area contributed by atoms with Gasteiger partial charge in [-0.25, -0.2) is 19.2 Å². The quantitative estimate of drug-likeness (QED) is 0.232. The zero-order chi connectivity index (χ0) is 31.4. The Bertz CT molecular complexity index is 1380. The Balaban J connectivity index is 1.71. The molecule has 0 N–H and O–H groups in total. The second-order valence-electron chi connectivity index (χ2n) is 13.2. The maximum absolute atomic E-state index is 13.6. The number of aryl methyl sites for hydroxylation is 1. The third-order valence-electron chi connectivity index (χ3n) is 7.48. The Labute approximate surface area is 255 Å². The second-order valence-corrected chi connectivity index (χ2v) is 13.2. The fraction of sp³-hybridized carbons (Fsp3) is 0.529. The van der Waals surface area contributed by atoms with E-state index >= 15 is 0 Å². The predicted molar refractivity (Wildman–Crippen MR) is 166 cm³/mol. The van der Waals surface area contributed by atoms with Gasteiger partial charge in [0.05, 0.1) is 42.1 Å². The van der Waals surface area contributed by atoms with E-state index in [2.05, 4.69) is 23.7 Å². The first-order chi connectivity index (χ1) is 20.2. The predicted octanol–water partition coefficient (Wildman–Crippen LogP) is 7.04. The molecule has 1 aliphatic heterocycles. The fourth-order valence-corrected chi connectivity index (χ4v) is 5.11. The molecule has 0 amide bonds. The van der Waals surface area contributed by atoms with E-state index in [9.17, 15) is 9.18 Å². The molecule has 1 unspecified atom stereocenters. The SMILES string of the molecule is Cc1ncc(-c2cnc(OCCc3ccc(F)cc3)cn2)c(N2CCC(C)(C)CC2)c1C(OC(C)(C)C)C(=O)OC(C)C. The molecular formula is C34H45FN4O4. The van der Waals surface area contributed by atoms with Crippen LogP contribution in [-0.4, -0.2) is 52.3 Å². The normalized spacial score (nSPS) is 15.8. The lowest BCUT2D eigenvalue weighted by Gasteiger charge is -2.41. The van der Waals surface area contributed by atoms with Crippen LogP contribution >= 0.6 is 0 Å². The summed E-state index contributed by atoms with van der Waals surface area (Å²) in [5.41, 5.74) is 4.24. The molecule has 232 valence electrons. The highest BCUT2D eigenvalue weighted by Crippen LogP contribution is 2.43. The molecule has 0 aliphatic carbocycles. The summed E-state index contributed by atoms with van der Waals surface area (Å²) in [5, 5.41) is 0. The second kappa shape index (κ2) is 13.4. The summed E-state index contributed by atoms with van der Waals surface area (Å²) in [5.74, 6) is -0.316.